The second kappa shape index (κ2) is 7.49. The van der Waals surface area contributed by atoms with Crippen LogP contribution in [0.4, 0.5) is 0 Å². The molecule has 2 amide bonds. The summed E-state index contributed by atoms with van der Waals surface area (Å²) in [7, 11) is 1.60. The average Bonchev–Trinajstić information content (AvgIpc) is 2.96. The van der Waals surface area contributed by atoms with Gasteiger partial charge in [-0.1, -0.05) is 0 Å². The number of carbonyl (C=O) groups is 2. The number of rotatable bonds is 7. The predicted octanol–water partition coefficient (Wildman–Crippen LogP) is 0.298. The number of benzene rings is 1. The molecule has 1 aromatic carbocycles. The Labute approximate surface area is 122 Å². The summed E-state index contributed by atoms with van der Waals surface area (Å²) in [5.41, 5.74) is 0.423. The highest BCUT2D eigenvalue weighted by atomic mass is 16.7. The summed E-state index contributed by atoms with van der Waals surface area (Å²) < 4.78 is 15.2. The molecule has 0 saturated carbocycles. The third-order valence-corrected chi connectivity index (χ3v) is 2.89. The molecule has 7 heteroatoms. The van der Waals surface area contributed by atoms with Crippen LogP contribution in [0.5, 0.6) is 11.5 Å². The minimum atomic E-state index is -0.333. The molecule has 0 unspecified atom stereocenters. The molecule has 2 N–H and O–H groups in total. The minimum absolute atomic E-state index is 0.0692. The highest BCUT2D eigenvalue weighted by Gasteiger charge is 2.16. The number of ether oxygens (including phenoxy) is 3. The van der Waals surface area contributed by atoms with E-state index in [4.69, 9.17) is 14.2 Å². The lowest BCUT2D eigenvalue weighted by molar-refractivity contribution is -0.120. The highest BCUT2D eigenvalue weighted by molar-refractivity contribution is 5.97. The zero-order valence-electron chi connectivity index (χ0n) is 11.8. The fourth-order valence-corrected chi connectivity index (χ4v) is 1.81. The molecule has 0 bridgehead atoms. The molecule has 0 spiro atoms. The van der Waals surface area contributed by atoms with Crippen molar-refractivity contribution < 1.29 is 23.8 Å². The average molecular weight is 294 g/mol. The number of carbonyl (C=O) groups excluding carboxylic acids is 2. The topological polar surface area (TPSA) is 85.9 Å². The van der Waals surface area contributed by atoms with E-state index in [0.717, 1.165) is 6.42 Å². The molecule has 2 rings (SSSR count). The first-order chi connectivity index (χ1) is 10.2. The van der Waals surface area contributed by atoms with E-state index < -0.39 is 0 Å². The molecule has 0 saturated heterocycles. The second-order valence-corrected chi connectivity index (χ2v) is 4.45. The van der Waals surface area contributed by atoms with Crippen LogP contribution in [0.2, 0.25) is 0 Å². The van der Waals surface area contributed by atoms with E-state index in [1.54, 1.807) is 25.3 Å². The third-order valence-electron chi connectivity index (χ3n) is 2.89. The van der Waals surface area contributed by atoms with Crippen LogP contribution in [-0.4, -0.2) is 45.4 Å². The van der Waals surface area contributed by atoms with Gasteiger partial charge in [0.25, 0.3) is 5.91 Å². The first-order valence-electron chi connectivity index (χ1n) is 6.64. The van der Waals surface area contributed by atoms with E-state index in [2.05, 4.69) is 10.6 Å². The van der Waals surface area contributed by atoms with Crippen molar-refractivity contribution in [2.75, 3.05) is 33.6 Å². The molecule has 114 valence electrons. The Morgan fingerprint density at radius 3 is 2.86 bits per heavy atom. The van der Waals surface area contributed by atoms with Crippen LogP contribution in [0, 0.1) is 0 Å². The lowest BCUT2D eigenvalue weighted by Crippen LogP contribution is -2.37. The summed E-state index contributed by atoms with van der Waals surface area (Å²) in [5.74, 6) is 0.578. The SMILES string of the molecule is COCCCNC(=O)CNC(=O)c1ccc2c(c1)OCO2. The number of hydrogen-bond donors (Lipinski definition) is 2. The number of nitrogens with one attached hydrogen (secondary N) is 2. The maximum Gasteiger partial charge on any atom is 0.251 e. The van der Waals surface area contributed by atoms with E-state index in [1.807, 2.05) is 0 Å². The van der Waals surface area contributed by atoms with Crippen molar-refractivity contribution in [2.45, 2.75) is 6.42 Å². The van der Waals surface area contributed by atoms with Crippen LogP contribution < -0.4 is 20.1 Å². The molecule has 0 aliphatic carbocycles. The van der Waals surface area contributed by atoms with Gasteiger partial charge in [-0.2, -0.15) is 0 Å². The Morgan fingerprint density at radius 1 is 1.24 bits per heavy atom. The van der Waals surface area contributed by atoms with Gasteiger partial charge >= 0.3 is 0 Å². The first-order valence-corrected chi connectivity index (χ1v) is 6.64. The maximum atomic E-state index is 11.9. The number of hydrogen-bond acceptors (Lipinski definition) is 5. The van der Waals surface area contributed by atoms with Gasteiger partial charge in [-0.05, 0) is 24.6 Å². The van der Waals surface area contributed by atoms with Crippen LogP contribution in [0.15, 0.2) is 18.2 Å². The largest absolute Gasteiger partial charge is 0.454 e. The van der Waals surface area contributed by atoms with Gasteiger partial charge in [0, 0.05) is 25.8 Å². The second-order valence-electron chi connectivity index (χ2n) is 4.45. The molecule has 1 aliphatic rings. The van der Waals surface area contributed by atoms with E-state index in [9.17, 15) is 9.59 Å². The van der Waals surface area contributed by atoms with Crippen LogP contribution >= 0.6 is 0 Å². The fraction of sp³-hybridized carbons (Fsp3) is 0.429. The lowest BCUT2D eigenvalue weighted by atomic mass is 10.2. The molecule has 21 heavy (non-hydrogen) atoms. The Morgan fingerprint density at radius 2 is 2.05 bits per heavy atom. The molecule has 1 heterocycles. The summed E-state index contributed by atoms with van der Waals surface area (Å²) in [5, 5.41) is 5.24. The molecular weight excluding hydrogens is 276 g/mol. The van der Waals surface area contributed by atoms with Crippen molar-refractivity contribution in [1.82, 2.24) is 10.6 Å². The van der Waals surface area contributed by atoms with Gasteiger partial charge < -0.3 is 24.8 Å². The van der Waals surface area contributed by atoms with E-state index >= 15 is 0 Å². The molecule has 7 nitrogen and oxygen atoms in total. The summed E-state index contributed by atoms with van der Waals surface area (Å²) in [6.07, 6.45) is 0.734. The van der Waals surface area contributed by atoms with Gasteiger partial charge in [0.1, 0.15) is 0 Å². The number of amides is 2. The van der Waals surface area contributed by atoms with Crippen LogP contribution in [0.1, 0.15) is 16.8 Å². The van der Waals surface area contributed by atoms with Gasteiger partial charge in [-0.3, -0.25) is 9.59 Å². The normalized spacial score (nSPS) is 12.0. The van der Waals surface area contributed by atoms with Gasteiger partial charge in [0.15, 0.2) is 11.5 Å². The minimum Gasteiger partial charge on any atom is -0.454 e. The number of fused-ring (bicyclic) bond motifs is 1. The van der Waals surface area contributed by atoms with Crippen molar-refractivity contribution in [3.63, 3.8) is 0 Å². The Kier molecular flexibility index (Phi) is 5.39. The van der Waals surface area contributed by atoms with Crippen LogP contribution in [0.3, 0.4) is 0 Å². The zero-order valence-corrected chi connectivity index (χ0v) is 11.8. The highest BCUT2D eigenvalue weighted by Crippen LogP contribution is 2.32. The molecule has 1 aliphatic heterocycles. The van der Waals surface area contributed by atoms with Gasteiger partial charge in [0.05, 0.1) is 6.54 Å². The third kappa shape index (κ3) is 4.35. The summed E-state index contributed by atoms with van der Waals surface area (Å²) in [6.45, 7) is 1.20. The number of methoxy groups -OCH3 is 1. The van der Waals surface area contributed by atoms with E-state index in [1.165, 1.54) is 0 Å². The Bertz CT molecular complexity index is 518. The zero-order chi connectivity index (χ0) is 15.1. The quantitative estimate of drug-likeness (QED) is 0.706. The molecule has 1 aromatic rings. The molecule has 0 atom stereocenters. The summed E-state index contributed by atoms with van der Waals surface area (Å²) >= 11 is 0. The van der Waals surface area contributed by atoms with Crippen molar-refractivity contribution >= 4 is 11.8 Å². The van der Waals surface area contributed by atoms with Crippen LogP contribution in [-0.2, 0) is 9.53 Å². The van der Waals surface area contributed by atoms with Gasteiger partial charge in [0.2, 0.25) is 12.7 Å². The van der Waals surface area contributed by atoms with Gasteiger partial charge in [-0.25, -0.2) is 0 Å². The standard InChI is InChI=1S/C14H18N2O5/c1-19-6-2-5-15-13(17)8-16-14(18)10-3-4-11-12(7-10)21-9-20-11/h3-4,7H,2,5-6,8-9H2,1H3,(H,15,17)(H,16,18). The lowest BCUT2D eigenvalue weighted by Gasteiger charge is -2.07. The van der Waals surface area contributed by atoms with Crippen molar-refractivity contribution in [3.05, 3.63) is 23.8 Å². The summed E-state index contributed by atoms with van der Waals surface area (Å²) in [6, 6.07) is 4.88. The smallest absolute Gasteiger partial charge is 0.251 e. The maximum absolute atomic E-state index is 11.9. The van der Waals surface area contributed by atoms with E-state index in [-0.39, 0.29) is 25.2 Å². The van der Waals surface area contributed by atoms with Crippen LogP contribution in [0.25, 0.3) is 0 Å². The predicted molar refractivity (Wildman–Crippen MR) is 74.4 cm³/mol. The Hall–Kier alpha value is -2.28. The first kappa shape index (κ1) is 15.1. The van der Waals surface area contributed by atoms with Crippen molar-refractivity contribution in [1.29, 1.82) is 0 Å². The molecule has 0 fully saturated rings. The summed E-state index contributed by atoms with van der Waals surface area (Å²) in [4.78, 5) is 23.4. The van der Waals surface area contributed by atoms with Crippen molar-refractivity contribution in [2.24, 2.45) is 0 Å². The molecular formula is C14H18N2O5. The van der Waals surface area contributed by atoms with Crippen molar-refractivity contribution in [3.8, 4) is 11.5 Å². The monoisotopic (exact) mass is 294 g/mol. The fourth-order valence-electron chi connectivity index (χ4n) is 1.81. The Balaban J connectivity index is 1.75. The van der Waals surface area contributed by atoms with E-state index in [0.29, 0.717) is 30.2 Å². The molecule has 0 radical (unpaired) electrons. The van der Waals surface area contributed by atoms with Gasteiger partial charge in [-0.15, -0.1) is 0 Å². The molecule has 0 aromatic heterocycles.